The maximum Gasteiger partial charge on any atom is 0.256 e. The summed E-state index contributed by atoms with van der Waals surface area (Å²) in [5.41, 5.74) is 1.58. The van der Waals surface area contributed by atoms with Crippen molar-refractivity contribution in [3.05, 3.63) is 53.9 Å². The predicted molar refractivity (Wildman–Crippen MR) is 120 cm³/mol. The Bertz CT molecular complexity index is 815. The molecule has 6 nitrogen and oxygen atoms in total. The van der Waals surface area contributed by atoms with Gasteiger partial charge >= 0.3 is 0 Å². The molecule has 2 aromatic rings. The van der Waals surface area contributed by atoms with Gasteiger partial charge in [-0.1, -0.05) is 58.0 Å². The molecule has 2 rings (SSSR count). The van der Waals surface area contributed by atoms with Crippen LogP contribution < -0.4 is 10.6 Å². The zero-order valence-corrected chi connectivity index (χ0v) is 18.3. The van der Waals surface area contributed by atoms with Crippen LogP contribution in [0.25, 0.3) is 17.5 Å². The molecule has 0 aliphatic rings. The summed E-state index contributed by atoms with van der Waals surface area (Å²) in [7, 11) is 0. The molecule has 0 spiro atoms. The van der Waals surface area contributed by atoms with Crippen molar-refractivity contribution in [3.63, 3.8) is 0 Å². The second-order valence-electron chi connectivity index (χ2n) is 8.14. The molecule has 1 aromatic carbocycles. The second kappa shape index (κ2) is 11.9. The van der Waals surface area contributed by atoms with Gasteiger partial charge in [0.1, 0.15) is 5.57 Å². The summed E-state index contributed by atoms with van der Waals surface area (Å²) in [5.74, 6) is 0.764. The summed E-state index contributed by atoms with van der Waals surface area (Å²) in [6.45, 7) is 9.41. The third-order valence-electron chi connectivity index (χ3n) is 4.52. The molecule has 1 aromatic heterocycles. The third kappa shape index (κ3) is 7.78. The fourth-order valence-corrected chi connectivity index (χ4v) is 2.69. The van der Waals surface area contributed by atoms with Crippen LogP contribution in [0.3, 0.4) is 0 Å². The van der Waals surface area contributed by atoms with E-state index >= 15 is 0 Å². The van der Waals surface area contributed by atoms with E-state index in [1.54, 1.807) is 18.5 Å². The molecule has 0 saturated heterocycles. The highest BCUT2D eigenvalue weighted by molar-refractivity contribution is 6.21. The Hall–Kier alpha value is -3.02. The molecule has 0 radical (unpaired) electrons. The van der Waals surface area contributed by atoms with Crippen molar-refractivity contribution in [1.82, 2.24) is 20.6 Å². The molecule has 6 heteroatoms. The van der Waals surface area contributed by atoms with Crippen LogP contribution in [-0.2, 0) is 9.59 Å². The van der Waals surface area contributed by atoms with Crippen molar-refractivity contribution in [2.45, 2.75) is 40.5 Å². The second-order valence-corrected chi connectivity index (χ2v) is 8.14. The van der Waals surface area contributed by atoms with Gasteiger partial charge in [0.2, 0.25) is 0 Å². The Morgan fingerprint density at radius 3 is 1.83 bits per heavy atom. The molecule has 0 bridgehead atoms. The van der Waals surface area contributed by atoms with E-state index in [1.165, 1.54) is 0 Å². The normalized spacial score (nSPS) is 10.7. The molecule has 0 fully saturated rings. The van der Waals surface area contributed by atoms with E-state index in [0.29, 0.717) is 36.3 Å². The number of amides is 2. The van der Waals surface area contributed by atoms with Crippen molar-refractivity contribution >= 4 is 17.9 Å². The number of hydrogen-bond acceptors (Lipinski definition) is 4. The molecule has 0 atom stereocenters. The molecule has 0 unspecified atom stereocenters. The van der Waals surface area contributed by atoms with E-state index in [9.17, 15) is 9.59 Å². The first-order chi connectivity index (χ1) is 14.4. The van der Waals surface area contributed by atoms with Crippen molar-refractivity contribution in [3.8, 4) is 11.4 Å². The Labute approximate surface area is 179 Å². The Morgan fingerprint density at radius 2 is 1.37 bits per heavy atom. The maximum absolute atomic E-state index is 12.7. The van der Waals surface area contributed by atoms with Crippen LogP contribution in [0.4, 0.5) is 0 Å². The largest absolute Gasteiger partial charge is 0.352 e. The van der Waals surface area contributed by atoms with Crippen molar-refractivity contribution in [2.24, 2.45) is 11.8 Å². The molecule has 2 amide bonds. The third-order valence-corrected chi connectivity index (χ3v) is 4.52. The first-order valence-corrected chi connectivity index (χ1v) is 10.5. The van der Waals surface area contributed by atoms with Gasteiger partial charge in [-0.3, -0.25) is 9.59 Å². The van der Waals surface area contributed by atoms with Gasteiger partial charge < -0.3 is 10.6 Å². The predicted octanol–water partition coefficient (Wildman–Crippen LogP) is 3.85. The van der Waals surface area contributed by atoms with Crippen LogP contribution in [0, 0.1) is 11.8 Å². The molecule has 1 heterocycles. The topological polar surface area (TPSA) is 84.0 Å². The summed E-state index contributed by atoms with van der Waals surface area (Å²) in [6.07, 6.45) is 6.49. The number of nitrogens with zero attached hydrogens (tertiary/aromatic N) is 2. The molecule has 160 valence electrons. The maximum atomic E-state index is 12.7. The highest BCUT2D eigenvalue weighted by Gasteiger charge is 2.18. The van der Waals surface area contributed by atoms with Crippen LogP contribution in [0.1, 0.15) is 46.1 Å². The summed E-state index contributed by atoms with van der Waals surface area (Å²) in [4.78, 5) is 34.1. The van der Waals surface area contributed by atoms with Gasteiger partial charge in [-0.2, -0.15) is 0 Å². The monoisotopic (exact) mass is 408 g/mol. The number of hydrogen-bond donors (Lipinski definition) is 2. The van der Waals surface area contributed by atoms with E-state index < -0.39 is 0 Å². The van der Waals surface area contributed by atoms with Crippen LogP contribution in [0.15, 0.2) is 48.3 Å². The SMILES string of the molecule is CC(C)CCNC(=O)C(=Cc1cnc(-c2ccccc2)nc1)C(=O)NCCC(C)C. The van der Waals surface area contributed by atoms with Gasteiger partial charge in [-0.25, -0.2) is 9.97 Å². The lowest BCUT2D eigenvalue weighted by molar-refractivity contribution is -0.123. The number of carbonyl (C=O) groups excluding carboxylic acids is 2. The highest BCUT2D eigenvalue weighted by Crippen LogP contribution is 2.14. The van der Waals surface area contributed by atoms with E-state index in [4.69, 9.17) is 0 Å². The minimum absolute atomic E-state index is 0.0681. The first-order valence-electron chi connectivity index (χ1n) is 10.5. The smallest absolute Gasteiger partial charge is 0.256 e. The Morgan fingerprint density at radius 1 is 0.867 bits per heavy atom. The Balaban J connectivity index is 2.18. The fourth-order valence-electron chi connectivity index (χ4n) is 2.69. The zero-order valence-electron chi connectivity index (χ0n) is 18.3. The van der Waals surface area contributed by atoms with E-state index in [-0.39, 0.29) is 17.4 Å². The number of aromatic nitrogens is 2. The van der Waals surface area contributed by atoms with Gasteiger partial charge in [0.25, 0.3) is 11.8 Å². The van der Waals surface area contributed by atoms with Crippen LogP contribution in [0.5, 0.6) is 0 Å². The van der Waals surface area contributed by atoms with Gasteiger partial charge in [0, 0.05) is 36.6 Å². The van der Waals surface area contributed by atoms with Crippen molar-refractivity contribution in [1.29, 1.82) is 0 Å². The molecular formula is C24H32N4O2. The molecule has 0 aliphatic carbocycles. The summed E-state index contributed by atoms with van der Waals surface area (Å²) in [6, 6.07) is 9.64. The molecule has 0 aliphatic heterocycles. The van der Waals surface area contributed by atoms with Gasteiger partial charge in [-0.15, -0.1) is 0 Å². The highest BCUT2D eigenvalue weighted by atomic mass is 16.2. The summed E-state index contributed by atoms with van der Waals surface area (Å²) in [5, 5.41) is 5.69. The van der Waals surface area contributed by atoms with Crippen LogP contribution in [0.2, 0.25) is 0 Å². The van der Waals surface area contributed by atoms with Crippen molar-refractivity contribution in [2.75, 3.05) is 13.1 Å². The van der Waals surface area contributed by atoms with Gasteiger partial charge in [0.05, 0.1) is 0 Å². The minimum atomic E-state index is -0.384. The number of nitrogens with one attached hydrogen (secondary N) is 2. The van der Waals surface area contributed by atoms with E-state index in [1.807, 2.05) is 30.3 Å². The molecular weight excluding hydrogens is 376 g/mol. The number of benzene rings is 1. The quantitative estimate of drug-likeness (QED) is 0.355. The van der Waals surface area contributed by atoms with E-state index in [0.717, 1.165) is 18.4 Å². The average molecular weight is 409 g/mol. The average Bonchev–Trinajstić information content (AvgIpc) is 2.72. The minimum Gasteiger partial charge on any atom is -0.352 e. The Kier molecular flexibility index (Phi) is 9.19. The lowest BCUT2D eigenvalue weighted by atomic mass is 10.1. The van der Waals surface area contributed by atoms with Gasteiger partial charge in [-0.05, 0) is 30.8 Å². The number of carbonyl (C=O) groups is 2. The summed E-state index contributed by atoms with van der Waals surface area (Å²) < 4.78 is 0. The standard InChI is InChI=1S/C24H32N4O2/c1-17(2)10-12-25-23(29)21(24(30)26-13-11-18(3)4)14-19-15-27-22(28-16-19)20-8-6-5-7-9-20/h5-9,14-18H,10-13H2,1-4H3,(H,25,29)(H,26,30). The van der Waals surface area contributed by atoms with Crippen molar-refractivity contribution < 1.29 is 9.59 Å². The summed E-state index contributed by atoms with van der Waals surface area (Å²) >= 11 is 0. The van der Waals surface area contributed by atoms with Gasteiger partial charge in [0.15, 0.2) is 5.82 Å². The van der Waals surface area contributed by atoms with Crippen LogP contribution in [-0.4, -0.2) is 34.9 Å². The number of rotatable bonds is 10. The lowest BCUT2D eigenvalue weighted by Gasteiger charge is -2.12. The zero-order chi connectivity index (χ0) is 21.9. The fraction of sp³-hybridized carbons (Fsp3) is 0.417. The molecule has 0 saturated carbocycles. The van der Waals surface area contributed by atoms with Crippen LogP contribution >= 0.6 is 0 Å². The first kappa shape index (κ1) is 23.3. The lowest BCUT2D eigenvalue weighted by Crippen LogP contribution is -2.36. The molecule has 2 N–H and O–H groups in total. The molecule has 30 heavy (non-hydrogen) atoms. The van der Waals surface area contributed by atoms with E-state index in [2.05, 4.69) is 48.3 Å².